The number of halogens is 1. The van der Waals surface area contributed by atoms with Crippen molar-refractivity contribution in [2.45, 2.75) is 6.92 Å². The second-order valence-corrected chi connectivity index (χ2v) is 6.13. The van der Waals surface area contributed by atoms with Crippen molar-refractivity contribution in [2.24, 2.45) is 0 Å². The van der Waals surface area contributed by atoms with E-state index in [2.05, 4.69) is 54.3 Å². The summed E-state index contributed by atoms with van der Waals surface area (Å²) in [6, 6.07) is 29.5. The van der Waals surface area contributed by atoms with Gasteiger partial charge in [0.25, 0.3) is 0 Å². The molecule has 0 atom stereocenters. The van der Waals surface area contributed by atoms with Gasteiger partial charge >= 0.3 is 0 Å². The third-order valence-electron chi connectivity index (χ3n) is 4.41. The van der Waals surface area contributed by atoms with Crippen molar-refractivity contribution >= 4 is 27.8 Å². The number of aryl methyl sites for hydroxylation is 1. The number of fused-ring (bicyclic) bond motifs is 1. The van der Waals surface area contributed by atoms with E-state index in [9.17, 15) is 4.39 Å². The summed E-state index contributed by atoms with van der Waals surface area (Å²) in [6.07, 6.45) is 0. The van der Waals surface area contributed by atoms with Crippen LogP contribution in [-0.2, 0) is 0 Å². The first-order valence-corrected chi connectivity index (χ1v) is 8.32. The lowest BCUT2D eigenvalue weighted by Gasteiger charge is -2.27. The summed E-state index contributed by atoms with van der Waals surface area (Å²) in [7, 11) is 0. The number of benzene rings is 4. The van der Waals surface area contributed by atoms with E-state index in [1.54, 1.807) is 12.1 Å². The molecule has 0 radical (unpaired) electrons. The summed E-state index contributed by atoms with van der Waals surface area (Å²) in [5.41, 5.74) is 4.01. The Kier molecular flexibility index (Phi) is 3.95. The lowest BCUT2D eigenvalue weighted by atomic mass is 10.1. The smallest absolute Gasteiger partial charge is 0.125 e. The molecule has 2 heteroatoms. The molecule has 0 aliphatic rings. The molecule has 0 spiro atoms. The van der Waals surface area contributed by atoms with Crippen molar-refractivity contribution in [2.75, 3.05) is 4.90 Å². The molecule has 122 valence electrons. The van der Waals surface area contributed by atoms with Crippen LogP contribution in [0.1, 0.15) is 5.56 Å². The molecule has 0 aromatic heterocycles. The van der Waals surface area contributed by atoms with Crippen LogP contribution in [0.3, 0.4) is 0 Å². The van der Waals surface area contributed by atoms with Crippen molar-refractivity contribution in [3.8, 4) is 0 Å². The highest BCUT2D eigenvalue weighted by molar-refractivity contribution is 5.89. The molecule has 0 unspecified atom stereocenters. The fourth-order valence-corrected chi connectivity index (χ4v) is 3.17. The van der Waals surface area contributed by atoms with Crippen LogP contribution in [0.4, 0.5) is 21.5 Å². The average Bonchev–Trinajstić information content (AvgIpc) is 2.64. The van der Waals surface area contributed by atoms with Gasteiger partial charge in [0.1, 0.15) is 5.82 Å². The number of nitrogens with zero attached hydrogens (tertiary/aromatic N) is 1. The van der Waals surface area contributed by atoms with Gasteiger partial charge in [-0.15, -0.1) is 0 Å². The molecule has 25 heavy (non-hydrogen) atoms. The molecule has 0 saturated carbocycles. The molecule has 4 aromatic carbocycles. The molecule has 0 N–H and O–H groups in total. The first kappa shape index (κ1) is 15.4. The Labute approximate surface area is 147 Å². The van der Waals surface area contributed by atoms with Crippen LogP contribution in [-0.4, -0.2) is 0 Å². The van der Waals surface area contributed by atoms with Crippen molar-refractivity contribution in [1.29, 1.82) is 0 Å². The molecule has 0 amide bonds. The Morgan fingerprint density at radius 2 is 1.36 bits per heavy atom. The highest BCUT2D eigenvalue weighted by atomic mass is 19.1. The maximum absolute atomic E-state index is 13.9. The van der Waals surface area contributed by atoms with Crippen LogP contribution >= 0.6 is 0 Å². The van der Waals surface area contributed by atoms with Gasteiger partial charge < -0.3 is 4.90 Å². The second-order valence-electron chi connectivity index (χ2n) is 6.13. The van der Waals surface area contributed by atoms with E-state index in [4.69, 9.17) is 0 Å². The van der Waals surface area contributed by atoms with E-state index >= 15 is 0 Å². The van der Waals surface area contributed by atoms with Crippen LogP contribution in [0.15, 0.2) is 91.0 Å². The van der Waals surface area contributed by atoms with Gasteiger partial charge in [-0.1, -0.05) is 54.6 Å². The molecule has 4 rings (SSSR count). The second kappa shape index (κ2) is 6.40. The van der Waals surface area contributed by atoms with E-state index in [1.807, 2.05) is 30.3 Å². The van der Waals surface area contributed by atoms with Crippen LogP contribution in [0.25, 0.3) is 10.8 Å². The highest BCUT2D eigenvalue weighted by Gasteiger charge is 2.15. The lowest BCUT2D eigenvalue weighted by molar-refractivity contribution is 0.628. The number of rotatable bonds is 3. The SMILES string of the molecule is Cc1ccccc1N(c1cccc(F)c1)c1ccc2ccccc2c1. The summed E-state index contributed by atoms with van der Waals surface area (Å²) in [4.78, 5) is 2.10. The van der Waals surface area contributed by atoms with Crippen LogP contribution < -0.4 is 4.90 Å². The van der Waals surface area contributed by atoms with Crippen LogP contribution in [0.2, 0.25) is 0 Å². The monoisotopic (exact) mass is 327 g/mol. The molecule has 0 heterocycles. The van der Waals surface area contributed by atoms with Gasteiger partial charge in [0.15, 0.2) is 0 Å². The third kappa shape index (κ3) is 2.99. The minimum Gasteiger partial charge on any atom is -0.310 e. The number of hydrogen-bond donors (Lipinski definition) is 0. The molecular formula is C23H18FN. The maximum Gasteiger partial charge on any atom is 0.125 e. The third-order valence-corrected chi connectivity index (χ3v) is 4.41. The van der Waals surface area contributed by atoms with Crippen molar-refractivity contribution in [3.63, 3.8) is 0 Å². The normalized spacial score (nSPS) is 10.8. The van der Waals surface area contributed by atoms with E-state index < -0.39 is 0 Å². The Hall–Kier alpha value is -3.13. The van der Waals surface area contributed by atoms with Crippen LogP contribution in [0.5, 0.6) is 0 Å². The lowest BCUT2D eigenvalue weighted by Crippen LogP contribution is -2.11. The van der Waals surface area contributed by atoms with E-state index in [0.29, 0.717) is 0 Å². The zero-order valence-corrected chi connectivity index (χ0v) is 14.0. The number of para-hydroxylation sites is 1. The zero-order valence-electron chi connectivity index (χ0n) is 14.0. The number of hydrogen-bond acceptors (Lipinski definition) is 1. The zero-order chi connectivity index (χ0) is 17.2. The molecule has 0 saturated heterocycles. The standard InChI is InChI=1S/C23H18FN/c1-17-7-2-5-12-23(17)25(21-11-6-10-20(24)16-21)22-14-13-18-8-3-4-9-19(18)15-22/h2-16H,1H3. The van der Waals surface area contributed by atoms with E-state index in [-0.39, 0.29) is 5.82 Å². The van der Waals surface area contributed by atoms with E-state index in [0.717, 1.165) is 28.0 Å². The van der Waals surface area contributed by atoms with Crippen LogP contribution in [0, 0.1) is 12.7 Å². The molecular weight excluding hydrogens is 309 g/mol. The summed E-state index contributed by atoms with van der Waals surface area (Å²) in [5, 5.41) is 2.35. The van der Waals surface area contributed by atoms with E-state index in [1.165, 1.54) is 11.5 Å². The van der Waals surface area contributed by atoms with Gasteiger partial charge in [-0.3, -0.25) is 0 Å². The molecule has 4 aromatic rings. The summed E-state index contributed by atoms with van der Waals surface area (Å²) in [5.74, 6) is -0.239. The Morgan fingerprint density at radius 1 is 0.640 bits per heavy atom. The quantitative estimate of drug-likeness (QED) is 0.402. The van der Waals surface area contributed by atoms with Gasteiger partial charge in [0.2, 0.25) is 0 Å². The van der Waals surface area contributed by atoms with Gasteiger partial charge in [-0.2, -0.15) is 0 Å². The highest BCUT2D eigenvalue weighted by Crippen LogP contribution is 2.37. The minimum atomic E-state index is -0.239. The number of anilines is 3. The first-order valence-electron chi connectivity index (χ1n) is 8.32. The fourth-order valence-electron chi connectivity index (χ4n) is 3.17. The van der Waals surface area contributed by atoms with Gasteiger partial charge in [-0.25, -0.2) is 4.39 Å². The first-order chi connectivity index (χ1) is 12.2. The van der Waals surface area contributed by atoms with Crippen molar-refractivity contribution in [3.05, 3.63) is 102 Å². The van der Waals surface area contributed by atoms with Gasteiger partial charge in [-0.05, 0) is 59.7 Å². The molecule has 0 fully saturated rings. The Morgan fingerprint density at radius 3 is 2.16 bits per heavy atom. The Balaban J connectivity index is 1.94. The van der Waals surface area contributed by atoms with Gasteiger partial charge in [0.05, 0.1) is 0 Å². The molecule has 1 nitrogen and oxygen atoms in total. The maximum atomic E-state index is 13.9. The molecule has 0 aliphatic heterocycles. The molecule has 0 bridgehead atoms. The van der Waals surface area contributed by atoms with Crippen molar-refractivity contribution < 1.29 is 4.39 Å². The largest absolute Gasteiger partial charge is 0.310 e. The van der Waals surface area contributed by atoms with Gasteiger partial charge in [0, 0.05) is 17.1 Å². The summed E-state index contributed by atoms with van der Waals surface area (Å²) >= 11 is 0. The predicted molar refractivity (Wildman–Crippen MR) is 103 cm³/mol. The predicted octanol–water partition coefficient (Wildman–Crippen LogP) is 6.76. The summed E-state index contributed by atoms with van der Waals surface area (Å²) < 4.78 is 13.9. The fraction of sp³-hybridized carbons (Fsp3) is 0.0435. The topological polar surface area (TPSA) is 3.24 Å². The summed E-state index contributed by atoms with van der Waals surface area (Å²) in [6.45, 7) is 2.07. The minimum absolute atomic E-state index is 0.239. The average molecular weight is 327 g/mol. The molecule has 0 aliphatic carbocycles. The van der Waals surface area contributed by atoms with Crippen molar-refractivity contribution in [1.82, 2.24) is 0 Å². The Bertz CT molecular complexity index is 1040.